The molecular weight excluding hydrogens is 412 g/mol. The Morgan fingerprint density at radius 2 is 1.81 bits per heavy atom. The van der Waals surface area contributed by atoms with E-state index < -0.39 is 0 Å². The van der Waals surface area contributed by atoms with Crippen LogP contribution in [0.5, 0.6) is 0 Å². The van der Waals surface area contributed by atoms with Crippen LogP contribution in [-0.4, -0.2) is 27.1 Å². The molecule has 0 spiro atoms. The highest BCUT2D eigenvalue weighted by molar-refractivity contribution is 8.00. The van der Waals surface area contributed by atoms with Crippen LogP contribution in [0.1, 0.15) is 21.9 Å². The summed E-state index contributed by atoms with van der Waals surface area (Å²) in [4.78, 5) is 30.3. The van der Waals surface area contributed by atoms with E-state index >= 15 is 0 Å². The molecule has 0 aliphatic carbocycles. The topological polar surface area (TPSA) is 89.2 Å². The van der Waals surface area contributed by atoms with Crippen molar-refractivity contribution in [2.45, 2.75) is 18.0 Å². The number of para-hydroxylation sites is 2. The summed E-state index contributed by atoms with van der Waals surface area (Å²) in [5.41, 5.74) is 2.44. The number of benzene rings is 2. The van der Waals surface area contributed by atoms with Crippen LogP contribution in [0, 0.1) is 0 Å². The molecule has 2 N–H and O–H groups in total. The third kappa shape index (κ3) is 4.97. The molecule has 31 heavy (non-hydrogen) atoms. The van der Waals surface area contributed by atoms with Crippen molar-refractivity contribution < 1.29 is 14.0 Å². The monoisotopic (exact) mass is 434 g/mol. The Balaban J connectivity index is 1.36. The highest BCUT2D eigenvalue weighted by atomic mass is 32.2. The van der Waals surface area contributed by atoms with Crippen molar-refractivity contribution in [2.75, 3.05) is 5.75 Å². The molecule has 2 amide bonds. The van der Waals surface area contributed by atoms with E-state index in [0.717, 1.165) is 21.8 Å². The van der Waals surface area contributed by atoms with E-state index in [9.17, 15) is 9.59 Å². The zero-order valence-corrected chi connectivity index (χ0v) is 17.8. The number of carbonyl (C=O) groups is 2. The number of aromatic nitrogens is 2. The van der Waals surface area contributed by atoms with Crippen molar-refractivity contribution in [3.8, 4) is 0 Å². The van der Waals surface area contributed by atoms with Crippen molar-refractivity contribution >= 4 is 34.6 Å². The van der Waals surface area contributed by atoms with Gasteiger partial charge in [-0.1, -0.05) is 24.3 Å². The predicted octanol–water partition coefficient (Wildman–Crippen LogP) is 3.50. The summed E-state index contributed by atoms with van der Waals surface area (Å²) in [6.45, 7) is 0.652. The van der Waals surface area contributed by atoms with Crippen molar-refractivity contribution in [1.29, 1.82) is 0 Å². The third-order valence-corrected chi connectivity index (χ3v) is 5.89. The third-order valence-electron chi connectivity index (χ3n) is 4.82. The van der Waals surface area contributed by atoms with Gasteiger partial charge in [0.15, 0.2) is 0 Å². The Kier molecular flexibility index (Phi) is 6.37. The molecule has 0 saturated heterocycles. The zero-order chi connectivity index (χ0) is 21.6. The maximum absolute atomic E-state index is 12.8. The molecule has 2 heterocycles. The molecule has 4 aromatic rings. The minimum atomic E-state index is -0.203. The minimum Gasteiger partial charge on any atom is -0.467 e. The van der Waals surface area contributed by atoms with Gasteiger partial charge in [0, 0.05) is 11.9 Å². The number of carbonyl (C=O) groups excluding carboxylic acids is 2. The van der Waals surface area contributed by atoms with E-state index in [-0.39, 0.29) is 17.6 Å². The largest absolute Gasteiger partial charge is 0.467 e. The first kappa shape index (κ1) is 20.7. The molecule has 158 valence electrons. The van der Waals surface area contributed by atoms with Crippen LogP contribution in [0.4, 0.5) is 0 Å². The van der Waals surface area contributed by atoms with Gasteiger partial charge in [0.25, 0.3) is 5.91 Å². The van der Waals surface area contributed by atoms with Crippen molar-refractivity contribution in [2.24, 2.45) is 7.05 Å². The molecule has 0 aliphatic heterocycles. The van der Waals surface area contributed by atoms with Gasteiger partial charge in [-0.25, -0.2) is 4.98 Å². The maximum Gasteiger partial charge on any atom is 0.252 e. The van der Waals surface area contributed by atoms with Crippen LogP contribution < -0.4 is 10.6 Å². The quantitative estimate of drug-likeness (QED) is 0.414. The molecule has 0 bridgehead atoms. The van der Waals surface area contributed by atoms with Gasteiger partial charge in [0.05, 0.1) is 41.7 Å². The number of fused-ring (bicyclic) bond motifs is 1. The number of rotatable bonds is 8. The summed E-state index contributed by atoms with van der Waals surface area (Å²) in [6, 6.07) is 18.7. The van der Waals surface area contributed by atoms with E-state index in [1.54, 1.807) is 24.5 Å². The van der Waals surface area contributed by atoms with Gasteiger partial charge in [-0.3, -0.25) is 9.59 Å². The molecule has 0 saturated carbocycles. The standard InChI is InChI=1S/C23H22N4O3S/c1-27-19-10-4-3-9-18(19)26-21(27)14-25-23(29)17-8-2-5-11-20(17)31-15-22(28)24-13-16-7-6-12-30-16/h2-12H,13-15H2,1H3,(H,24,28)(H,25,29). The molecule has 7 nitrogen and oxygen atoms in total. The lowest BCUT2D eigenvalue weighted by Crippen LogP contribution is -2.26. The average molecular weight is 435 g/mol. The van der Waals surface area contributed by atoms with Gasteiger partial charge in [-0.05, 0) is 36.4 Å². The number of nitrogens with zero attached hydrogens (tertiary/aromatic N) is 2. The van der Waals surface area contributed by atoms with Gasteiger partial charge in [-0.15, -0.1) is 11.8 Å². The lowest BCUT2D eigenvalue weighted by molar-refractivity contribution is -0.118. The minimum absolute atomic E-state index is 0.128. The summed E-state index contributed by atoms with van der Waals surface area (Å²) in [6.07, 6.45) is 1.57. The van der Waals surface area contributed by atoms with Crippen LogP contribution in [-0.2, 0) is 24.9 Å². The van der Waals surface area contributed by atoms with Gasteiger partial charge in [0.2, 0.25) is 5.91 Å². The molecule has 0 unspecified atom stereocenters. The number of hydrogen-bond donors (Lipinski definition) is 2. The fraction of sp³-hybridized carbons (Fsp3) is 0.174. The van der Waals surface area contributed by atoms with E-state index in [1.807, 2.05) is 54.1 Å². The fourth-order valence-electron chi connectivity index (χ4n) is 3.18. The number of hydrogen-bond acceptors (Lipinski definition) is 5. The summed E-state index contributed by atoms with van der Waals surface area (Å²) in [5, 5.41) is 5.74. The van der Waals surface area contributed by atoms with E-state index in [4.69, 9.17) is 4.42 Å². The van der Waals surface area contributed by atoms with Crippen molar-refractivity contribution in [3.63, 3.8) is 0 Å². The zero-order valence-electron chi connectivity index (χ0n) is 17.0. The first-order chi connectivity index (χ1) is 15.1. The van der Waals surface area contributed by atoms with Gasteiger partial charge < -0.3 is 19.6 Å². The summed E-state index contributed by atoms with van der Waals surface area (Å²) in [7, 11) is 1.93. The summed E-state index contributed by atoms with van der Waals surface area (Å²) in [5.74, 6) is 1.34. The van der Waals surface area contributed by atoms with Crippen molar-refractivity contribution in [3.05, 3.63) is 84.1 Å². The molecule has 4 rings (SSSR count). The van der Waals surface area contributed by atoms with Crippen LogP contribution in [0.2, 0.25) is 0 Å². The Morgan fingerprint density at radius 1 is 1.00 bits per heavy atom. The second-order valence-electron chi connectivity index (χ2n) is 6.90. The molecule has 2 aromatic heterocycles. The van der Waals surface area contributed by atoms with Crippen LogP contribution in [0.15, 0.2) is 76.2 Å². The van der Waals surface area contributed by atoms with E-state index in [1.165, 1.54) is 11.8 Å². The Hall–Kier alpha value is -3.52. The second-order valence-corrected chi connectivity index (χ2v) is 7.92. The van der Waals surface area contributed by atoms with Crippen LogP contribution in [0.3, 0.4) is 0 Å². The molecule has 0 fully saturated rings. The highest BCUT2D eigenvalue weighted by Crippen LogP contribution is 2.23. The molecule has 0 atom stereocenters. The van der Waals surface area contributed by atoms with E-state index in [0.29, 0.717) is 24.4 Å². The predicted molar refractivity (Wildman–Crippen MR) is 120 cm³/mol. The first-order valence-electron chi connectivity index (χ1n) is 9.81. The number of amides is 2. The SMILES string of the molecule is Cn1c(CNC(=O)c2ccccc2SCC(=O)NCc2ccco2)nc2ccccc21. The molecular formula is C23H22N4O3S. The molecule has 8 heteroatoms. The van der Waals surface area contributed by atoms with Gasteiger partial charge in [0.1, 0.15) is 11.6 Å². The number of thioether (sulfide) groups is 1. The normalized spacial score (nSPS) is 10.9. The Labute approximate surface area is 183 Å². The Morgan fingerprint density at radius 3 is 2.61 bits per heavy atom. The molecule has 2 aromatic carbocycles. The number of imidazole rings is 1. The summed E-state index contributed by atoms with van der Waals surface area (Å²) < 4.78 is 7.18. The van der Waals surface area contributed by atoms with Crippen LogP contribution >= 0.6 is 11.8 Å². The number of aryl methyl sites for hydroxylation is 1. The number of nitrogens with one attached hydrogen (secondary N) is 2. The smallest absolute Gasteiger partial charge is 0.252 e. The lowest BCUT2D eigenvalue weighted by Gasteiger charge is -2.10. The number of furan rings is 1. The summed E-state index contributed by atoms with van der Waals surface area (Å²) >= 11 is 1.32. The molecule has 0 aliphatic rings. The average Bonchev–Trinajstić information content (AvgIpc) is 3.43. The highest BCUT2D eigenvalue weighted by Gasteiger charge is 2.14. The Bertz CT molecular complexity index is 1200. The van der Waals surface area contributed by atoms with E-state index in [2.05, 4.69) is 15.6 Å². The van der Waals surface area contributed by atoms with Gasteiger partial charge >= 0.3 is 0 Å². The first-order valence-corrected chi connectivity index (χ1v) is 10.8. The van der Waals surface area contributed by atoms with Gasteiger partial charge in [-0.2, -0.15) is 0 Å². The maximum atomic E-state index is 12.8. The molecule has 0 radical (unpaired) electrons. The van der Waals surface area contributed by atoms with Crippen LogP contribution in [0.25, 0.3) is 11.0 Å². The fourth-order valence-corrected chi connectivity index (χ4v) is 4.06. The second kappa shape index (κ2) is 9.53. The lowest BCUT2D eigenvalue weighted by atomic mass is 10.2. The van der Waals surface area contributed by atoms with Crippen molar-refractivity contribution in [1.82, 2.24) is 20.2 Å².